The lowest BCUT2D eigenvalue weighted by atomic mass is 10.1. The van der Waals surface area contributed by atoms with E-state index in [1.807, 2.05) is 30.6 Å². The molecule has 0 saturated carbocycles. The van der Waals surface area contributed by atoms with Gasteiger partial charge in [0, 0.05) is 39.2 Å². The second-order valence-corrected chi connectivity index (χ2v) is 8.06. The van der Waals surface area contributed by atoms with Crippen molar-refractivity contribution in [1.82, 2.24) is 14.6 Å². The van der Waals surface area contributed by atoms with Gasteiger partial charge in [-0.05, 0) is 6.07 Å². The number of fused-ring (bicyclic) bond motifs is 1. The highest BCUT2D eigenvalue weighted by atomic mass is 35.5. The van der Waals surface area contributed by atoms with Gasteiger partial charge in [-0.25, -0.2) is 9.50 Å². The monoisotopic (exact) mass is 317 g/mol. The van der Waals surface area contributed by atoms with E-state index in [2.05, 4.69) is 36.9 Å². The van der Waals surface area contributed by atoms with Gasteiger partial charge in [0.1, 0.15) is 0 Å². The Morgan fingerprint density at radius 2 is 2.00 bits per heavy atom. The Morgan fingerprint density at radius 3 is 2.76 bits per heavy atom. The summed E-state index contributed by atoms with van der Waals surface area (Å²) < 4.78 is 1.88. The molecule has 0 amide bonds. The Hall–Kier alpha value is -1.52. The zero-order valence-corrected chi connectivity index (χ0v) is 13.7. The first-order valence-corrected chi connectivity index (χ1v) is 7.91. The molecule has 108 valence electrons. The average molecular weight is 318 g/mol. The van der Waals surface area contributed by atoms with Crippen LogP contribution in [0.25, 0.3) is 16.8 Å². The van der Waals surface area contributed by atoms with Crippen molar-refractivity contribution in [3.8, 4) is 11.1 Å². The molecule has 0 aliphatic carbocycles. The summed E-state index contributed by atoms with van der Waals surface area (Å²) in [5, 5.41) is 4.99. The quantitative estimate of drug-likeness (QED) is 0.627. The highest BCUT2D eigenvalue weighted by molar-refractivity contribution is 8.00. The summed E-state index contributed by atoms with van der Waals surface area (Å²) in [5.74, 6) is 0. The predicted molar refractivity (Wildman–Crippen MR) is 89.0 cm³/mol. The summed E-state index contributed by atoms with van der Waals surface area (Å²) in [7, 11) is 0. The molecule has 2 aromatic heterocycles. The standard InChI is InChI=1S/C16H16ClN3S/c1-16(2,3)21-13-6-4-5-12(15(13)17)11-9-18-14-7-8-19-20(14)10-11/h4-10H,1-3H3. The van der Waals surface area contributed by atoms with E-state index in [1.54, 1.807) is 22.5 Å². The van der Waals surface area contributed by atoms with Gasteiger partial charge in [-0.15, -0.1) is 11.8 Å². The second-order valence-electron chi connectivity index (χ2n) is 5.81. The molecule has 0 N–H and O–H groups in total. The molecule has 21 heavy (non-hydrogen) atoms. The molecule has 1 aromatic carbocycles. The first-order valence-electron chi connectivity index (χ1n) is 6.71. The van der Waals surface area contributed by atoms with Crippen molar-refractivity contribution < 1.29 is 0 Å². The molecule has 3 nitrogen and oxygen atoms in total. The molecule has 5 heteroatoms. The van der Waals surface area contributed by atoms with Crippen molar-refractivity contribution in [3.63, 3.8) is 0 Å². The molecule has 0 bridgehead atoms. The SMILES string of the molecule is CC(C)(C)Sc1cccc(-c2cnc3ccnn3c2)c1Cl. The molecule has 0 unspecified atom stereocenters. The number of hydrogen-bond donors (Lipinski definition) is 0. The highest BCUT2D eigenvalue weighted by Crippen LogP contribution is 2.40. The van der Waals surface area contributed by atoms with E-state index in [4.69, 9.17) is 11.6 Å². The molecule has 0 atom stereocenters. The van der Waals surface area contributed by atoms with Crippen molar-refractivity contribution >= 4 is 29.0 Å². The molecular formula is C16H16ClN3S. The largest absolute Gasteiger partial charge is 0.236 e. The molecule has 0 fully saturated rings. The predicted octanol–water partition coefficient (Wildman–Crippen LogP) is 4.94. The molecule has 0 radical (unpaired) electrons. The number of hydrogen-bond acceptors (Lipinski definition) is 3. The normalized spacial score (nSPS) is 12.0. The van der Waals surface area contributed by atoms with Gasteiger partial charge in [0.25, 0.3) is 0 Å². The van der Waals surface area contributed by atoms with Gasteiger partial charge >= 0.3 is 0 Å². The smallest absolute Gasteiger partial charge is 0.154 e. The van der Waals surface area contributed by atoms with E-state index in [0.717, 1.165) is 26.7 Å². The van der Waals surface area contributed by atoms with E-state index < -0.39 is 0 Å². The van der Waals surface area contributed by atoms with E-state index in [9.17, 15) is 0 Å². The summed E-state index contributed by atoms with van der Waals surface area (Å²) in [6, 6.07) is 7.98. The Bertz CT molecular complexity index is 790. The van der Waals surface area contributed by atoms with E-state index in [1.165, 1.54) is 0 Å². The summed E-state index contributed by atoms with van der Waals surface area (Å²) in [6.45, 7) is 6.54. The lowest BCUT2D eigenvalue weighted by molar-refractivity contribution is 0.803. The van der Waals surface area contributed by atoms with E-state index >= 15 is 0 Å². The van der Waals surface area contributed by atoms with Gasteiger partial charge in [0.15, 0.2) is 5.65 Å². The fraction of sp³-hybridized carbons (Fsp3) is 0.250. The van der Waals surface area contributed by atoms with E-state index in [0.29, 0.717) is 0 Å². The van der Waals surface area contributed by atoms with Crippen LogP contribution in [0.5, 0.6) is 0 Å². The van der Waals surface area contributed by atoms with Gasteiger partial charge in [0.05, 0.1) is 11.2 Å². The van der Waals surface area contributed by atoms with Crippen molar-refractivity contribution in [3.05, 3.63) is 47.9 Å². The maximum absolute atomic E-state index is 6.60. The van der Waals surface area contributed by atoms with Crippen LogP contribution in [0.15, 0.2) is 47.8 Å². The zero-order chi connectivity index (χ0) is 15.0. The van der Waals surface area contributed by atoms with Gasteiger partial charge in [-0.1, -0.05) is 44.5 Å². The minimum Gasteiger partial charge on any atom is -0.236 e. The Morgan fingerprint density at radius 1 is 1.19 bits per heavy atom. The molecule has 3 rings (SSSR count). The molecular weight excluding hydrogens is 302 g/mol. The first kappa shape index (κ1) is 14.4. The van der Waals surface area contributed by atoms with Gasteiger partial charge in [-0.3, -0.25) is 0 Å². The molecule has 2 heterocycles. The van der Waals surface area contributed by atoms with Crippen LogP contribution >= 0.6 is 23.4 Å². The number of halogens is 1. The Balaban J connectivity index is 2.07. The first-order chi connectivity index (χ1) is 9.94. The number of nitrogens with zero attached hydrogens (tertiary/aromatic N) is 3. The van der Waals surface area contributed by atoms with Crippen LogP contribution in [0.2, 0.25) is 5.02 Å². The maximum Gasteiger partial charge on any atom is 0.154 e. The zero-order valence-electron chi connectivity index (χ0n) is 12.2. The van der Waals surface area contributed by atoms with Crippen LogP contribution in [-0.2, 0) is 0 Å². The lowest BCUT2D eigenvalue weighted by Gasteiger charge is -2.19. The van der Waals surface area contributed by atoms with Crippen molar-refractivity contribution in [2.45, 2.75) is 30.4 Å². The minimum absolute atomic E-state index is 0.118. The van der Waals surface area contributed by atoms with Crippen LogP contribution < -0.4 is 0 Å². The fourth-order valence-corrected chi connectivity index (χ4v) is 3.45. The highest BCUT2D eigenvalue weighted by Gasteiger charge is 2.16. The van der Waals surface area contributed by atoms with E-state index in [-0.39, 0.29) is 4.75 Å². The number of rotatable bonds is 2. The minimum atomic E-state index is 0.118. The van der Waals surface area contributed by atoms with Crippen molar-refractivity contribution in [2.75, 3.05) is 0 Å². The van der Waals surface area contributed by atoms with Crippen LogP contribution in [-0.4, -0.2) is 19.3 Å². The van der Waals surface area contributed by atoms with Crippen molar-refractivity contribution in [1.29, 1.82) is 0 Å². The summed E-state index contributed by atoms with van der Waals surface area (Å²) in [4.78, 5) is 5.48. The molecule has 0 aliphatic rings. The fourth-order valence-electron chi connectivity index (χ4n) is 2.09. The van der Waals surface area contributed by atoms with Crippen LogP contribution in [0.4, 0.5) is 0 Å². The molecule has 0 aliphatic heterocycles. The third-order valence-corrected chi connectivity index (χ3v) is 4.63. The number of thioether (sulfide) groups is 1. The van der Waals surface area contributed by atoms with Crippen LogP contribution in [0.1, 0.15) is 20.8 Å². The average Bonchev–Trinajstić information content (AvgIpc) is 2.87. The van der Waals surface area contributed by atoms with Crippen molar-refractivity contribution in [2.24, 2.45) is 0 Å². The molecule has 3 aromatic rings. The van der Waals surface area contributed by atoms with Crippen LogP contribution in [0.3, 0.4) is 0 Å². The van der Waals surface area contributed by atoms with Gasteiger partial charge < -0.3 is 0 Å². The topological polar surface area (TPSA) is 30.2 Å². The third kappa shape index (κ3) is 3.06. The molecule has 0 spiro atoms. The Kier molecular flexibility index (Phi) is 3.68. The summed E-state index contributed by atoms with van der Waals surface area (Å²) >= 11 is 8.36. The van der Waals surface area contributed by atoms with Gasteiger partial charge in [-0.2, -0.15) is 5.10 Å². The van der Waals surface area contributed by atoms with Crippen LogP contribution in [0, 0.1) is 0 Å². The van der Waals surface area contributed by atoms with Gasteiger partial charge in [0.2, 0.25) is 0 Å². The number of benzene rings is 1. The Labute approximate surface area is 133 Å². The summed E-state index contributed by atoms with van der Waals surface area (Å²) in [6.07, 6.45) is 5.53. The summed E-state index contributed by atoms with van der Waals surface area (Å²) in [5.41, 5.74) is 2.78. The molecule has 0 saturated heterocycles. The second kappa shape index (κ2) is 5.35. The third-order valence-electron chi connectivity index (χ3n) is 2.94. The number of aromatic nitrogens is 3. The maximum atomic E-state index is 6.60. The lowest BCUT2D eigenvalue weighted by Crippen LogP contribution is -2.06.